The molecule has 0 spiro atoms. The van der Waals surface area contributed by atoms with Crippen molar-refractivity contribution >= 4 is 11.8 Å². The lowest BCUT2D eigenvalue weighted by Crippen LogP contribution is -2.48. The van der Waals surface area contributed by atoms with Crippen molar-refractivity contribution in [3.63, 3.8) is 0 Å². The predicted molar refractivity (Wildman–Crippen MR) is 86.4 cm³/mol. The Bertz CT molecular complexity index is 504. The first-order valence-corrected chi connectivity index (χ1v) is 7.90. The lowest BCUT2D eigenvalue weighted by atomic mass is 10.1. The highest BCUT2D eigenvalue weighted by atomic mass is 16.2. The summed E-state index contributed by atoms with van der Waals surface area (Å²) in [5.74, 6) is -0.00785. The standard InChI is InChI=1S/C17H25N3O2/c1-13(18-2)12-19-17(22)15-9-6-10-20(15)16(21)11-14-7-4-3-5-8-14/h3-5,7-8,13,15,18H,6,9-12H2,1-2H3,(H,19,22). The van der Waals surface area contributed by atoms with Crippen LogP contribution in [0.2, 0.25) is 0 Å². The molecule has 0 radical (unpaired) electrons. The number of hydrogen-bond donors (Lipinski definition) is 2. The topological polar surface area (TPSA) is 61.4 Å². The second kappa shape index (κ2) is 7.94. The van der Waals surface area contributed by atoms with Crippen LogP contribution in [0, 0.1) is 0 Å². The molecule has 1 aliphatic rings. The molecule has 5 nitrogen and oxygen atoms in total. The summed E-state index contributed by atoms with van der Waals surface area (Å²) < 4.78 is 0. The quantitative estimate of drug-likeness (QED) is 0.822. The van der Waals surface area contributed by atoms with E-state index in [-0.39, 0.29) is 23.9 Å². The first-order chi connectivity index (χ1) is 10.6. The highest BCUT2D eigenvalue weighted by molar-refractivity contribution is 5.89. The monoisotopic (exact) mass is 303 g/mol. The zero-order valence-electron chi connectivity index (χ0n) is 13.3. The Morgan fingerprint density at radius 3 is 2.73 bits per heavy atom. The number of nitrogens with zero attached hydrogens (tertiary/aromatic N) is 1. The summed E-state index contributed by atoms with van der Waals surface area (Å²) in [4.78, 5) is 26.5. The number of rotatable bonds is 6. The molecule has 2 unspecified atom stereocenters. The molecule has 0 saturated carbocycles. The van der Waals surface area contributed by atoms with Crippen molar-refractivity contribution in [1.29, 1.82) is 0 Å². The van der Waals surface area contributed by atoms with Gasteiger partial charge in [0.25, 0.3) is 0 Å². The molecule has 1 aromatic carbocycles. The molecule has 2 atom stereocenters. The van der Waals surface area contributed by atoms with Crippen LogP contribution in [-0.2, 0) is 16.0 Å². The van der Waals surface area contributed by atoms with E-state index in [4.69, 9.17) is 0 Å². The largest absolute Gasteiger partial charge is 0.353 e. The normalized spacial score (nSPS) is 19.0. The van der Waals surface area contributed by atoms with Crippen LogP contribution in [0.5, 0.6) is 0 Å². The maximum absolute atomic E-state index is 12.5. The molecular formula is C17H25N3O2. The molecule has 2 N–H and O–H groups in total. The molecular weight excluding hydrogens is 278 g/mol. The van der Waals surface area contributed by atoms with Gasteiger partial charge in [0.2, 0.25) is 11.8 Å². The molecule has 1 aliphatic heterocycles. The predicted octanol–water partition coefficient (Wildman–Crippen LogP) is 0.944. The zero-order chi connectivity index (χ0) is 15.9. The third-order valence-corrected chi connectivity index (χ3v) is 4.15. The fourth-order valence-corrected chi connectivity index (χ4v) is 2.68. The first kappa shape index (κ1) is 16.5. The van der Waals surface area contributed by atoms with Crippen LogP contribution in [-0.4, -0.2) is 48.9 Å². The third kappa shape index (κ3) is 4.31. The number of carbonyl (C=O) groups is 2. The third-order valence-electron chi connectivity index (χ3n) is 4.15. The van der Waals surface area contributed by atoms with Crippen LogP contribution in [0.4, 0.5) is 0 Å². The number of likely N-dealkylation sites (tertiary alicyclic amines) is 1. The van der Waals surface area contributed by atoms with Gasteiger partial charge in [-0.15, -0.1) is 0 Å². The van der Waals surface area contributed by atoms with Gasteiger partial charge in [-0.05, 0) is 32.4 Å². The summed E-state index contributed by atoms with van der Waals surface area (Å²) >= 11 is 0. The van der Waals surface area contributed by atoms with Gasteiger partial charge in [0.05, 0.1) is 6.42 Å². The van der Waals surface area contributed by atoms with Crippen molar-refractivity contribution in [2.24, 2.45) is 0 Å². The number of benzene rings is 1. The fourth-order valence-electron chi connectivity index (χ4n) is 2.68. The lowest BCUT2D eigenvalue weighted by molar-refractivity contribution is -0.138. The van der Waals surface area contributed by atoms with E-state index in [0.29, 0.717) is 19.5 Å². The van der Waals surface area contributed by atoms with Crippen molar-refractivity contribution in [3.8, 4) is 0 Å². The van der Waals surface area contributed by atoms with Crippen molar-refractivity contribution < 1.29 is 9.59 Å². The minimum atomic E-state index is -0.319. The van der Waals surface area contributed by atoms with E-state index >= 15 is 0 Å². The van der Waals surface area contributed by atoms with Crippen LogP contribution in [0.15, 0.2) is 30.3 Å². The van der Waals surface area contributed by atoms with Gasteiger partial charge in [0.15, 0.2) is 0 Å². The average Bonchev–Trinajstić information content (AvgIpc) is 3.03. The highest BCUT2D eigenvalue weighted by Crippen LogP contribution is 2.19. The minimum Gasteiger partial charge on any atom is -0.353 e. The maximum atomic E-state index is 12.5. The fraction of sp³-hybridized carbons (Fsp3) is 0.529. The Kier molecular flexibility index (Phi) is 5.95. The van der Waals surface area contributed by atoms with Crippen LogP contribution in [0.1, 0.15) is 25.3 Å². The van der Waals surface area contributed by atoms with Crippen LogP contribution < -0.4 is 10.6 Å². The molecule has 1 heterocycles. The number of amides is 2. The Hall–Kier alpha value is -1.88. The average molecular weight is 303 g/mol. The molecule has 2 rings (SSSR count). The molecule has 1 saturated heterocycles. The van der Waals surface area contributed by atoms with Crippen molar-refractivity contribution in [2.75, 3.05) is 20.1 Å². The van der Waals surface area contributed by atoms with Gasteiger partial charge in [0.1, 0.15) is 6.04 Å². The molecule has 1 aromatic rings. The Balaban J connectivity index is 1.92. The second-order valence-electron chi connectivity index (χ2n) is 5.84. The van der Waals surface area contributed by atoms with Gasteiger partial charge in [-0.2, -0.15) is 0 Å². The number of likely N-dealkylation sites (N-methyl/N-ethyl adjacent to an activating group) is 1. The first-order valence-electron chi connectivity index (χ1n) is 7.90. The van der Waals surface area contributed by atoms with E-state index in [9.17, 15) is 9.59 Å². The molecule has 22 heavy (non-hydrogen) atoms. The van der Waals surface area contributed by atoms with Crippen LogP contribution >= 0.6 is 0 Å². The van der Waals surface area contributed by atoms with Crippen molar-refractivity contribution in [2.45, 2.75) is 38.3 Å². The van der Waals surface area contributed by atoms with E-state index in [2.05, 4.69) is 10.6 Å². The number of carbonyl (C=O) groups excluding carboxylic acids is 2. The van der Waals surface area contributed by atoms with Gasteiger partial charge < -0.3 is 15.5 Å². The molecule has 5 heteroatoms. The molecule has 1 fully saturated rings. The van der Waals surface area contributed by atoms with Gasteiger partial charge in [0, 0.05) is 19.1 Å². The molecule has 2 amide bonds. The number of nitrogens with one attached hydrogen (secondary N) is 2. The van der Waals surface area contributed by atoms with Crippen molar-refractivity contribution in [3.05, 3.63) is 35.9 Å². The SMILES string of the molecule is CNC(C)CNC(=O)C1CCCN1C(=O)Cc1ccccc1. The van der Waals surface area contributed by atoms with E-state index in [0.717, 1.165) is 18.4 Å². The molecule has 0 bridgehead atoms. The van der Waals surface area contributed by atoms with Gasteiger partial charge in [-0.3, -0.25) is 9.59 Å². The second-order valence-corrected chi connectivity index (χ2v) is 5.84. The highest BCUT2D eigenvalue weighted by Gasteiger charge is 2.33. The van der Waals surface area contributed by atoms with Gasteiger partial charge >= 0.3 is 0 Å². The van der Waals surface area contributed by atoms with E-state index in [1.165, 1.54) is 0 Å². The van der Waals surface area contributed by atoms with Crippen molar-refractivity contribution in [1.82, 2.24) is 15.5 Å². The van der Waals surface area contributed by atoms with Crippen LogP contribution in [0.3, 0.4) is 0 Å². The van der Waals surface area contributed by atoms with Crippen LogP contribution in [0.25, 0.3) is 0 Å². The summed E-state index contributed by atoms with van der Waals surface area (Å²) in [7, 11) is 1.86. The Morgan fingerprint density at radius 2 is 2.05 bits per heavy atom. The summed E-state index contributed by atoms with van der Waals surface area (Å²) in [6.45, 7) is 3.26. The summed E-state index contributed by atoms with van der Waals surface area (Å²) in [5, 5.41) is 6.01. The zero-order valence-corrected chi connectivity index (χ0v) is 13.3. The lowest BCUT2D eigenvalue weighted by Gasteiger charge is -2.24. The maximum Gasteiger partial charge on any atom is 0.242 e. The molecule has 120 valence electrons. The molecule has 0 aromatic heterocycles. The van der Waals surface area contributed by atoms with E-state index < -0.39 is 0 Å². The number of hydrogen-bond acceptors (Lipinski definition) is 3. The van der Waals surface area contributed by atoms with E-state index in [1.807, 2.05) is 44.3 Å². The van der Waals surface area contributed by atoms with Gasteiger partial charge in [-0.1, -0.05) is 30.3 Å². The molecule has 0 aliphatic carbocycles. The Labute approximate surface area is 132 Å². The Morgan fingerprint density at radius 1 is 1.32 bits per heavy atom. The minimum absolute atomic E-state index is 0.0329. The summed E-state index contributed by atoms with van der Waals surface area (Å²) in [5.41, 5.74) is 0.988. The summed E-state index contributed by atoms with van der Waals surface area (Å²) in [6.07, 6.45) is 2.00. The van der Waals surface area contributed by atoms with Gasteiger partial charge in [-0.25, -0.2) is 0 Å². The smallest absolute Gasteiger partial charge is 0.242 e. The van der Waals surface area contributed by atoms with E-state index in [1.54, 1.807) is 4.90 Å². The summed E-state index contributed by atoms with van der Waals surface area (Å²) in [6, 6.07) is 9.57.